The number of pyridine rings is 1. The van der Waals surface area contributed by atoms with Crippen LogP contribution in [-0.2, 0) is 18.0 Å². The third-order valence-electron chi connectivity index (χ3n) is 4.22. The molecule has 0 unspecified atom stereocenters. The number of amides is 1. The van der Waals surface area contributed by atoms with Crippen LogP contribution < -0.4 is 10.8 Å². The summed E-state index contributed by atoms with van der Waals surface area (Å²) in [7, 11) is 0. The fourth-order valence-corrected chi connectivity index (χ4v) is 2.71. The first-order valence-electron chi connectivity index (χ1n) is 8.81. The minimum Gasteiger partial charge on any atom is -0.380 e. The largest absolute Gasteiger partial charge is 0.380 e. The lowest BCUT2D eigenvalue weighted by atomic mass is 10.1. The van der Waals surface area contributed by atoms with Gasteiger partial charge in [0.25, 0.3) is 5.91 Å². The first kappa shape index (κ1) is 19.1. The van der Waals surface area contributed by atoms with Crippen molar-refractivity contribution in [1.82, 2.24) is 10.5 Å². The first-order chi connectivity index (χ1) is 13.7. The molecule has 0 saturated carbocycles. The highest BCUT2D eigenvalue weighted by Gasteiger charge is 2.11. The fraction of sp³-hybridized carbons (Fsp3) is 0.136. The number of hydrogen-bond donors (Lipinski definition) is 2. The van der Waals surface area contributed by atoms with Crippen molar-refractivity contribution < 1.29 is 9.63 Å². The number of aromatic nitrogens is 1. The van der Waals surface area contributed by atoms with Gasteiger partial charge in [-0.25, -0.2) is 5.48 Å². The Morgan fingerprint density at radius 3 is 2.64 bits per heavy atom. The minimum absolute atomic E-state index is 0.213. The Hall–Kier alpha value is -3.69. The van der Waals surface area contributed by atoms with Gasteiger partial charge in [0.1, 0.15) is 0 Å². The molecule has 0 aliphatic carbocycles. The number of anilines is 1. The molecule has 3 rings (SSSR count). The number of aryl methyl sites for hydroxylation is 1. The van der Waals surface area contributed by atoms with Crippen LogP contribution in [0, 0.1) is 18.3 Å². The molecular weight excluding hydrogens is 352 g/mol. The van der Waals surface area contributed by atoms with Gasteiger partial charge in [0.2, 0.25) is 0 Å². The summed E-state index contributed by atoms with van der Waals surface area (Å²) in [6, 6.07) is 18.6. The summed E-state index contributed by atoms with van der Waals surface area (Å²) in [4.78, 5) is 21.9. The van der Waals surface area contributed by atoms with Crippen LogP contribution in [-0.4, -0.2) is 10.9 Å². The van der Waals surface area contributed by atoms with E-state index in [9.17, 15) is 4.79 Å². The van der Waals surface area contributed by atoms with Gasteiger partial charge in [-0.2, -0.15) is 5.26 Å². The van der Waals surface area contributed by atoms with E-state index < -0.39 is 0 Å². The van der Waals surface area contributed by atoms with Gasteiger partial charge in [-0.1, -0.05) is 24.3 Å². The summed E-state index contributed by atoms with van der Waals surface area (Å²) in [6.07, 6.45) is 3.46. The molecule has 1 amide bonds. The summed E-state index contributed by atoms with van der Waals surface area (Å²) in [5.74, 6) is -0.330. The molecule has 3 aromatic rings. The number of carbonyl (C=O) groups is 1. The lowest BCUT2D eigenvalue weighted by Gasteiger charge is -2.12. The van der Waals surface area contributed by atoms with Gasteiger partial charge < -0.3 is 5.32 Å². The number of hydrogen-bond acceptors (Lipinski definition) is 5. The number of nitriles is 1. The second-order valence-corrected chi connectivity index (χ2v) is 6.24. The van der Waals surface area contributed by atoms with Gasteiger partial charge in [-0.3, -0.25) is 14.6 Å². The maximum Gasteiger partial charge on any atom is 0.276 e. The van der Waals surface area contributed by atoms with Crippen molar-refractivity contribution in [3.05, 3.63) is 94.8 Å². The Morgan fingerprint density at radius 2 is 1.89 bits per heavy atom. The SMILES string of the molecule is Cc1cc(CONC(=O)c2ccccc2NCc2ccncc2)ccc1C#N. The van der Waals surface area contributed by atoms with Crippen molar-refractivity contribution in [3.8, 4) is 6.07 Å². The molecule has 1 aromatic heterocycles. The molecule has 6 heteroatoms. The van der Waals surface area contributed by atoms with Gasteiger partial charge in [-0.05, 0) is 53.9 Å². The van der Waals surface area contributed by atoms with Crippen molar-refractivity contribution in [2.24, 2.45) is 0 Å². The summed E-state index contributed by atoms with van der Waals surface area (Å²) in [5.41, 5.74) is 7.14. The van der Waals surface area contributed by atoms with E-state index in [1.807, 2.05) is 43.3 Å². The summed E-state index contributed by atoms with van der Waals surface area (Å²) >= 11 is 0. The predicted molar refractivity (Wildman–Crippen MR) is 106 cm³/mol. The van der Waals surface area contributed by atoms with Crippen LogP contribution in [0.1, 0.15) is 32.6 Å². The van der Waals surface area contributed by atoms with Crippen LogP contribution in [0.5, 0.6) is 0 Å². The molecule has 2 N–H and O–H groups in total. The molecule has 0 atom stereocenters. The smallest absolute Gasteiger partial charge is 0.276 e. The number of nitrogens with one attached hydrogen (secondary N) is 2. The number of rotatable bonds is 7. The highest BCUT2D eigenvalue weighted by atomic mass is 16.6. The zero-order valence-corrected chi connectivity index (χ0v) is 15.5. The quantitative estimate of drug-likeness (QED) is 0.617. The number of para-hydroxylation sites is 1. The van der Waals surface area contributed by atoms with Crippen LogP contribution >= 0.6 is 0 Å². The maximum atomic E-state index is 12.5. The zero-order valence-electron chi connectivity index (χ0n) is 15.5. The Balaban J connectivity index is 1.58. The Morgan fingerprint density at radius 1 is 1.11 bits per heavy atom. The van der Waals surface area contributed by atoms with Gasteiger partial charge >= 0.3 is 0 Å². The van der Waals surface area contributed by atoms with E-state index in [-0.39, 0.29) is 12.5 Å². The van der Waals surface area contributed by atoms with Crippen LogP contribution in [0.25, 0.3) is 0 Å². The van der Waals surface area contributed by atoms with Crippen LogP contribution in [0.3, 0.4) is 0 Å². The zero-order chi connectivity index (χ0) is 19.8. The van der Waals surface area contributed by atoms with Crippen molar-refractivity contribution >= 4 is 11.6 Å². The van der Waals surface area contributed by atoms with Crippen molar-refractivity contribution in [3.63, 3.8) is 0 Å². The Kier molecular flexibility index (Phi) is 6.34. The second kappa shape index (κ2) is 9.31. The number of benzene rings is 2. The van der Waals surface area contributed by atoms with Gasteiger partial charge in [-0.15, -0.1) is 0 Å². The first-order valence-corrected chi connectivity index (χ1v) is 8.81. The van der Waals surface area contributed by atoms with Gasteiger partial charge in [0, 0.05) is 24.6 Å². The molecule has 28 heavy (non-hydrogen) atoms. The summed E-state index contributed by atoms with van der Waals surface area (Å²) in [6.45, 7) is 2.66. The Bertz CT molecular complexity index is 997. The Labute approximate surface area is 163 Å². The maximum absolute atomic E-state index is 12.5. The van der Waals surface area contributed by atoms with Gasteiger partial charge in [0.15, 0.2) is 0 Å². The molecule has 6 nitrogen and oxygen atoms in total. The van der Waals surface area contributed by atoms with Gasteiger partial charge in [0.05, 0.1) is 23.8 Å². The van der Waals surface area contributed by atoms with Crippen LogP contribution in [0.4, 0.5) is 5.69 Å². The number of nitrogens with zero attached hydrogens (tertiary/aromatic N) is 2. The third kappa shape index (κ3) is 4.93. The number of carbonyl (C=O) groups excluding carboxylic acids is 1. The normalized spacial score (nSPS) is 10.1. The molecule has 0 spiro atoms. The van der Waals surface area contributed by atoms with Crippen molar-refractivity contribution in [2.45, 2.75) is 20.1 Å². The molecule has 0 aliphatic heterocycles. The molecule has 1 heterocycles. The minimum atomic E-state index is -0.330. The molecule has 0 radical (unpaired) electrons. The molecule has 2 aromatic carbocycles. The highest BCUT2D eigenvalue weighted by molar-refractivity contribution is 5.98. The fourth-order valence-electron chi connectivity index (χ4n) is 2.71. The second-order valence-electron chi connectivity index (χ2n) is 6.24. The average molecular weight is 372 g/mol. The predicted octanol–water partition coefficient (Wildman–Crippen LogP) is 3.74. The number of hydroxylamine groups is 1. The lowest BCUT2D eigenvalue weighted by molar-refractivity contribution is 0.0234. The van der Waals surface area contributed by atoms with E-state index in [1.54, 1.807) is 30.6 Å². The molecular formula is C22H20N4O2. The third-order valence-corrected chi connectivity index (χ3v) is 4.22. The molecule has 140 valence electrons. The van der Waals surface area contributed by atoms with Crippen LogP contribution in [0.15, 0.2) is 67.0 Å². The molecule has 0 bridgehead atoms. The lowest BCUT2D eigenvalue weighted by Crippen LogP contribution is -2.24. The monoisotopic (exact) mass is 372 g/mol. The van der Waals surface area contributed by atoms with Crippen LogP contribution in [0.2, 0.25) is 0 Å². The molecule has 0 fully saturated rings. The van der Waals surface area contributed by atoms with E-state index in [2.05, 4.69) is 21.9 Å². The topological polar surface area (TPSA) is 87.0 Å². The average Bonchev–Trinajstić information content (AvgIpc) is 2.73. The summed E-state index contributed by atoms with van der Waals surface area (Å²) < 4.78 is 0. The van der Waals surface area contributed by atoms with E-state index in [0.29, 0.717) is 17.7 Å². The molecule has 0 aliphatic rings. The van der Waals surface area contributed by atoms with Crippen molar-refractivity contribution in [2.75, 3.05) is 5.32 Å². The standard InChI is InChI=1S/C22H20N4O2/c1-16-12-18(6-7-19(16)13-23)15-28-26-22(27)20-4-2-3-5-21(20)25-14-17-8-10-24-11-9-17/h2-12,25H,14-15H2,1H3,(H,26,27). The van der Waals surface area contributed by atoms with E-state index >= 15 is 0 Å². The van der Waals surface area contributed by atoms with Crippen molar-refractivity contribution in [1.29, 1.82) is 5.26 Å². The van der Waals surface area contributed by atoms with E-state index in [0.717, 1.165) is 22.4 Å². The highest BCUT2D eigenvalue weighted by Crippen LogP contribution is 2.16. The summed E-state index contributed by atoms with van der Waals surface area (Å²) in [5, 5.41) is 12.2. The molecule has 0 saturated heterocycles. The van der Waals surface area contributed by atoms with E-state index in [1.165, 1.54) is 0 Å². The van der Waals surface area contributed by atoms with E-state index in [4.69, 9.17) is 10.1 Å².